The highest BCUT2D eigenvalue weighted by Gasteiger charge is 2.26. The Morgan fingerprint density at radius 1 is 1.29 bits per heavy atom. The molecule has 2 amide bonds. The van der Waals surface area contributed by atoms with Crippen LogP contribution in [-0.4, -0.2) is 45.0 Å². The van der Waals surface area contributed by atoms with Crippen molar-refractivity contribution in [1.82, 2.24) is 10.6 Å². The van der Waals surface area contributed by atoms with Crippen molar-refractivity contribution in [3.8, 4) is 0 Å². The lowest BCUT2D eigenvalue weighted by Crippen LogP contribution is -3.06. The third-order valence-corrected chi connectivity index (χ3v) is 2.03. The highest BCUT2D eigenvalue weighted by atomic mass is 16.2. The number of rotatable bonds is 4. The summed E-state index contributed by atoms with van der Waals surface area (Å²) < 4.78 is 0. The molecule has 0 atom stereocenters. The molecule has 0 heterocycles. The summed E-state index contributed by atoms with van der Waals surface area (Å²) in [5, 5.41) is 5.21. The minimum Gasteiger partial charge on any atom is -0.345 e. The average molecular weight is 200 g/mol. The van der Waals surface area contributed by atoms with Gasteiger partial charge >= 0.3 is 11.8 Å². The monoisotopic (exact) mass is 200 g/mol. The van der Waals surface area contributed by atoms with Crippen LogP contribution in [0.25, 0.3) is 0 Å². The van der Waals surface area contributed by atoms with E-state index in [4.69, 9.17) is 0 Å². The number of hydrogen-bond donors (Lipinski definition) is 3. The van der Waals surface area contributed by atoms with E-state index in [0.717, 1.165) is 19.4 Å². The molecule has 0 aromatic heterocycles. The van der Waals surface area contributed by atoms with Gasteiger partial charge in [0.2, 0.25) is 0 Å². The quantitative estimate of drug-likeness (QED) is 0.440. The largest absolute Gasteiger partial charge is 0.345 e. The van der Waals surface area contributed by atoms with Crippen molar-refractivity contribution < 1.29 is 14.5 Å². The van der Waals surface area contributed by atoms with Gasteiger partial charge in [-0.25, -0.2) is 0 Å². The molecule has 3 N–H and O–H groups in total. The minimum atomic E-state index is -0.516. The molecule has 1 saturated carbocycles. The molecule has 0 aromatic rings. The lowest BCUT2D eigenvalue weighted by atomic mass is 10.5. The zero-order chi connectivity index (χ0) is 10.6. The van der Waals surface area contributed by atoms with Gasteiger partial charge < -0.3 is 15.5 Å². The number of likely N-dealkylation sites (N-methyl/N-ethyl adjacent to an activating group) is 1. The van der Waals surface area contributed by atoms with Crippen molar-refractivity contribution in [3.05, 3.63) is 0 Å². The third kappa shape index (κ3) is 4.23. The Balaban J connectivity index is 2.10. The van der Waals surface area contributed by atoms with Crippen molar-refractivity contribution in [2.45, 2.75) is 18.9 Å². The number of amides is 2. The van der Waals surface area contributed by atoms with E-state index in [2.05, 4.69) is 10.6 Å². The molecule has 80 valence electrons. The number of quaternary nitrogens is 1. The van der Waals surface area contributed by atoms with Gasteiger partial charge in [-0.1, -0.05) is 0 Å². The fourth-order valence-corrected chi connectivity index (χ4v) is 0.985. The first kappa shape index (κ1) is 11.0. The molecule has 0 spiro atoms. The molecule has 5 nitrogen and oxygen atoms in total. The number of hydrogen-bond acceptors (Lipinski definition) is 2. The Labute approximate surface area is 83.8 Å². The lowest BCUT2D eigenvalue weighted by Gasteiger charge is -2.08. The zero-order valence-electron chi connectivity index (χ0n) is 8.72. The summed E-state index contributed by atoms with van der Waals surface area (Å²) in [6, 6.07) is 0.243. The third-order valence-electron chi connectivity index (χ3n) is 2.03. The second kappa shape index (κ2) is 4.95. The highest BCUT2D eigenvalue weighted by molar-refractivity contribution is 6.35. The van der Waals surface area contributed by atoms with Crippen LogP contribution < -0.4 is 15.5 Å². The maximum Gasteiger partial charge on any atom is 0.309 e. The molecule has 0 unspecified atom stereocenters. The normalized spacial score (nSPS) is 15.4. The van der Waals surface area contributed by atoms with Gasteiger partial charge in [0.15, 0.2) is 0 Å². The first-order valence-corrected chi connectivity index (χ1v) is 4.97. The van der Waals surface area contributed by atoms with Crippen molar-refractivity contribution in [2.24, 2.45) is 0 Å². The van der Waals surface area contributed by atoms with Crippen LogP contribution in [0.2, 0.25) is 0 Å². The van der Waals surface area contributed by atoms with E-state index in [1.807, 2.05) is 14.1 Å². The summed E-state index contributed by atoms with van der Waals surface area (Å²) in [6.45, 7) is 1.36. The van der Waals surface area contributed by atoms with Crippen LogP contribution in [0.3, 0.4) is 0 Å². The highest BCUT2D eigenvalue weighted by Crippen LogP contribution is 2.18. The van der Waals surface area contributed by atoms with Gasteiger partial charge in [-0.2, -0.15) is 0 Å². The summed E-state index contributed by atoms with van der Waals surface area (Å²) in [5.74, 6) is -1.01. The van der Waals surface area contributed by atoms with Gasteiger partial charge in [-0.15, -0.1) is 0 Å². The van der Waals surface area contributed by atoms with Crippen LogP contribution in [0.1, 0.15) is 12.8 Å². The smallest absolute Gasteiger partial charge is 0.309 e. The Kier molecular flexibility index (Phi) is 3.88. The molecular formula is C9H18N3O2+. The minimum absolute atomic E-state index is 0.243. The summed E-state index contributed by atoms with van der Waals surface area (Å²) in [5.41, 5.74) is 0. The maximum atomic E-state index is 11.2. The molecule has 0 aliphatic heterocycles. The molecule has 14 heavy (non-hydrogen) atoms. The van der Waals surface area contributed by atoms with E-state index in [0.29, 0.717) is 6.54 Å². The second-order valence-electron chi connectivity index (χ2n) is 3.96. The lowest BCUT2D eigenvalue weighted by molar-refractivity contribution is -0.856. The molecule has 0 saturated heterocycles. The van der Waals surface area contributed by atoms with Crippen LogP contribution in [0.15, 0.2) is 0 Å². The standard InChI is InChI=1S/C9H17N3O2/c1-12(2)6-5-10-8(13)9(14)11-7-3-4-7/h7H,3-6H2,1-2H3,(H,10,13)(H,11,14)/p+1. The first-order valence-electron chi connectivity index (χ1n) is 4.97. The number of nitrogens with one attached hydrogen (secondary N) is 3. The van der Waals surface area contributed by atoms with Gasteiger partial charge in [0.05, 0.1) is 27.2 Å². The van der Waals surface area contributed by atoms with E-state index in [-0.39, 0.29) is 6.04 Å². The molecule has 1 rings (SSSR count). The fraction of sp³-hybridized carbons (Fsp3) is 0.778. The molecule has 0 bridgehead atoms. The van der Waals surface area contributed by atoms with E-state index < -0.39 is 11.8 Å². The molecule has 1 fully saturated rings. The van der Waals surface area contributed by atoms with Crippen LogP contribution in [-0.2, 0) is 9.59 Å². The molecular weight excluding hydrogens is 182 g/mol. The number of carbonyl (C=O) groups excluding carboxylic acids is 2. The van der Waals surface area contributed by atoms with Crippen molar-refractivity contribution >= 4 is 11.8 Å². The Hall–Kier alpha value is -1.10. The maximum absolute atomic E-state index is 11.2. The fourth-order valence-electron chi connectivity index (χ4n) is 0.985. The van der Waals surface area contributed by atoms with E-state index in [1.165, 1.54) is 4.90 Å². The van der Waals surface area contributed by atoms with Crippen LogP contribution in [0.4, 0.5) is 0 Å². The van der Waals surface area contributed by atoms with Gasteiger partial charge in [0.1, 0.15) is 0 Å². The predicted molar refractivity (Wildman–Crippen MR) is 51.9 cm³/mol. The van der Waals surface area contributed by atoms with Gasteiger partial charge in [-0.3, -0.25) is 9.59 Å². The molecule has 1 aliphatic rings. The molecule has 0 radical (unpaired) electrons. The second-order valence-corrected chi connectivity index (χ2v) is 3.96. The van der Waals surface area contributed by atoms with Crippen molar-refractivity contribution in [1.29, 1.82) is 0 Å². The van der Waals surface area contributed by atoms with Gasteiger partial charge in [0.25, 0.3) is 0 Å². The van der Waals surface area contributed by atoms with E-state index >= 15 is 0 Å². The van der Waals surface area contributed by atoms with E-state index in [9.17, 15) is 9.59 Å². The van der Waals surface area contributed by atoms with Crippen LogP contribution in [0, 0.1) is 0 Å². The molecule has 0 aromatic carbocycles. The number of carbonyl (C=O) groups is 2. The zero-order valence-corrected chi connectivity index (χ0v) is 8.72. The molecule has 1 aliphatic carbocycles. The van der Waals surface area contributed by atoms with Crippen LogP contribution >= 0.6 is 0 Å². The Morgan fingerprint density at radius 3 is 2.43 bits per heavy atom. The average Bonchev–Trinajstić information content (AvgIpc) is 2.87. The van der Waals surface area contributed by atoms with E-state index in [1.54, 1.807) is 0 Å². The Bertz CT molecular complexity index is 224. The van der Waals surface area contributed by atoms with Gasteiger partial charge in [-0.05, 0) is 12.8 Å². The van der Waals surface area contributed by atoms with Crippen LogP contribution in [0.5, 0.6) is 0 Å². The predicted octanol–water partition coefficient (Wildman–Crippen LogP) is -2.47. The molecule has 5 heteroatoms. The summed E-state index contributed by atoms with van der Waals surface area (Å²) in [4.78, 5) is 23.5. The van der Waals surface area contributed by atoms with Gasteiger partial charge in [0, 0.05) is 6.04 Å². The SMILES string of the molecule is C[NH+](C)CCNC(=O)C(=O)NC1CC1. The van der Waals surface area contributed by atoms with Crippen molar-refractivity contribution in [3.63, 3.8) is 0 Å². The van der Waals surface area contributed by atoms with Crippen molar-refractivity contribution in [2.75, 3.05) is 27.2 Å². The summed E-state index contributed by atoms with van der Waals surface area (Å²) in [6.07, 6.45) is 2.00. The summed E-state index contributed by atoms with van der Waals surface area (Å²) in [7, 11) is 3.99. The Morgan fingerprint density at radius 2 is 1.93 bits per heavy atom. The topological polar surface area (TPSA) is 62.6 Å². The summed E-state index contributed by atoms with van der Waals surface area (Å²) >= 11 is 0. The first-order chi connectivity index (χ1) is 6.59.